The number of nitrogens with zero attached hydrogens (tertiary/aromatic N) is 2. The van der Waals surface area contributed by atoms with Crippen molar-refractivity contribution >= 4 is 21.6 Å². The van der Waals surface area contributed by atoms with Crippen LogP contribution in [0.1, 0.15) is 0 Å². The lowest BCUT2D eigenvalue weighted by Gasteiger charge is -2.07. The Bertz CT molecular complexity index is 608. The fourth-order valence-electron chi connectivity index (χ4n) is 1.32. The summed E-state index contributed by atoms with van der Waals surface area (Å²) in [4.78, 5) is -0.0133. The Kier molecular flexibility index (Phi) is 2.71. The first kappa shape index (κ1) is 11.1. The van der Waals surface area contributed by atoms with E-state index in [9.17, 15) is 8.42 Å². The molecule has 5 nitrogen and oxygen atoms in total. The average Bonchev–Trinajstić information content (AvgIpc) is 2.68. The Labute approximate surface area is 97.5 Å². The molecule has 0 radical (unpaired) electrons. The molecule has 1 aromatic carbocycles. The molecule has 0 aliphatic carbocycles. The first-order valence-electron chi connectivity index (χ1n) is 4.31. The maximum Gasteiger partial charge on any atom is 0.240 e. The standard InChI is InChI=1S/C9H8ClN3O2S/c10-7-2-3-9(16(11,14)15)8(6-7)13-5-1-4-12-13/h1-6H,(H2,11,14,15). The zero-order valence-corrected chi connectivity index (χ0v) is 9.61. The van der Waals surface area contributed by atoms with E-state index in [1.807, 2.05) is 0 Å². The minimum Gasteiger partial charge on any atom is -0.240 e. The number of rotatable bonds is 2. The molecular weight excluding hydrogens is 250 g/mol. The van der Waals surface area contributed by atoms with Gasteiger partial charge in [0.05, 0.1) is 5.69 Å². The van der Waals surface area contributed by atoms with E-state index in [2.05, 4.69) is 5.10 Å². The van der Waals surface area contributed by atoms with Crippen molar-refractivity contribution in [1.29, 1.82) is 0 Å². The molecule has 16 heavy (non-hydrogen) atoms. The smallest absolute Gasteiger partial charge is 0.240 e. The second kappa shape index (κ2) is 3.89. The summed E-state index contributed by atoms with van der Waals surface area (Å²) in [5, 5.41) is 9.46. The van der Waals surface area contributed by atoms with E-state index >= 15 is 0 Å². The number of benzene rings is 1. The summed E-state index contributed by atoms with van der Waals surface area (Å²) in [6.07, 6.45) is 3.15. The Balaban J connectivity index is 2.73. The molecule has 0 spiro atoms. The molecule has 84 valence electrons. The first-order valence-corrected chi connectivity index (χ1v) is 6.23. The number of sulfonamides is 1. The highest BCUT2D eigenvalue weighted by Gasteiger charge is 2.15. The van der Waals surface area contributed by atoms with Gasteiger partial charge in [-0.15, -0.1) is 0 Å². The van der Waals surface area contributed by atoms with Gasteiger partial charge in [-0.25, -0.2) is 18.2 Å². The zero-order valence-electron chi connectivity index (χ0n) is 8.04. The number of hydrogen-bond acceptors (Lipinski definition) is 3. The van der Waals surface area contributed by atoms with E-state index in [1.165, 1.54) is 29.1 Å². The number of nitrogens with two attached hydrogens (primary N) is 1. The van der Waals surface area contributed by atoms with Crippen LogP contribution >= 0.6 is 11.6 Å². The fourth-order valence-corrected chi connectivity index (χ4v) is 2.19. The zero-order chi connectivity index (χ0) is 11.8. The van der Waals surface area contributed by atoms with Gasteiger partial charge in [-0.3, -0.25) is 0 Å². The Hall–Kier alpha value is -1.37. The summed E-state index contributed by atoms with van der Waals surface area (Å²) in [6.45, 7) is 0. The van der Waals surface area contributed by atoms with Crippen LogP contribution in [0.2, 0.25) is 5.02 Å². The molecule has 7 heteroatoms. The van der Waals surface area contributed by atoms with E-state index in [0.29, 0.717) is 10.7 Å². The molecule has 0 amide bonds. The molecule has 0 aliphatic rings. The average molecular weight is 258 g/mol. The molecule has 0 saturated carbocycles. The lowest BCUT2D eigenvalue weighted by molar-refractivity contribution is 0.596. The molecule has 2 N–H and O–H groups in total. The highest BCUT2D eigenvalue weighted by Crippen LogP contribution is 2.22. The molecule has 0 unspecified atom stereocenters. The van der Waals surface area contributed by atoms with Gasteiger partial charge in [0.1, 0.15) is 4.90 Å². The molecule has 0 saturated heterocycles. The van der Waals surface area contributed by atoms with Crippen LogP contribution in [0, 0.1) is 0 Å². The molecule has 1 heterocycles. The molecule has 2 rings (SSSR count). The monoisotopic (exact) mass is 257 g/mol. The summed E-state index contributed by atoms with van der Waals surface area (Å²) < 4.78 is 24.1. The third-order valence-electron chi connectivity index (χ3n) is 1.98. The second-order valence-corrected chi connectivity index (χ2v) is 5.07. The van der Waals surface area contributed by atoms with Crippen molar-refractivity contribution in [2.24, 2.45) is 5.14 Å². The summed E-state index contributed by atoms with van der Waals surface area (Å²) in [6, 6.07) is 5.99. The van der Waals surface area contributed by atoms with E-state index in [0.717, 1.165) is 0 Å². The van der Waals surface area contributed by atoms with Crippen LogP contribution in [0.3, 0.4) is 0 Å². The van der Waals surface area contributed by atoms with Gasteiger partial charge in [0, 0.05) is 17.4 Å². The second-order valence-electron chi connectivity index (χ2n) is 3.11. The Morgan fingerprint density at radius 2 is 2.12 bits per heavy atom. The fraction of sp³-hybridized carbons (Fsp3) is 0. The van der Waals surface area contributed by atoms with Gasteiger partial charge in [0.2, 0.25) is 10.0 Å². The van der Waals surface area contributed by atoms with Crippen LogP contribution in [0.15, 0.2) is 41.6 Å². The third-order valence-corrected chi connectivity index (χ3v) is 3.17. The molecule has 0 fully saturated rings. The van der Waals surface area contributed by atoms with Gasteiger partial charge < -0.3 is 0 Å². The maximum absolute atomic E-state index is 11.4. The minimum absolute atomic E-state index is 0.0133. The summed E-state index contributed by atoms with van der Waals surface area (Å²) >= 11 is 5.81. The molecule has 2 aromatic rings. The van der Waals surface area contributed by atoms with Crippen molar-refractivity contribution in [2.75, 3.05) is 0 Å². The van der Waals surface area contributed by atoms with Crippen LogP contribution in [-0.4, -0.2) is 18.2 Å². The normalized spacial score (nSPS) is 11.6. The topological polar surface area (TPSA) is 78.0 Å². The van der Waals surface area contributed by atoms with E-state index in [1.54, 1.807) is 12.3 Å². The van der Waals surface area contributed by atoms with Crippen LogP contribution in [0.5, 0.6) is 0 Å². The van der Waals surface area contributed by atoms with Gasteiger partial charge in [-0.2, -0.15) is 5.10 Å². The predicted molar refractivity (Wildman–Crippen MR) is 59.9 cm³/mol. The van der Waals surface area contributed by atoms with Crippen molar-refractivity contribution in [3.63, 3.8) is 0 Å². The predicted octanol–water partition coefficient (Wildman–Crippen LogP) is 1.17. The lowest BCUT2D eigenvalue weighted by atomic mass is 10.3. The molecule has 0 bridgehead atoms. The van der Waals surface area contributed by atoms with E-state index < -0.39 is 10.0 Å². The van der Waals surface area contributed by atoms with Gasteiger partial charge >= 0.3 is 0 Å². The lowest BCUT2D eigenvalue weighted by Crippen LogP contribution is -2.15. The largest absolute Gasteiger partial charge is 0.240 e. The van der Waals surface area contributed by atoms with Crippen molar-refractivity contribution in [1.82, 2.24) is 9.78 Å². The quantitative estimate of drug-likeness (QED) is 0.877. The van der Waals surface area contributed by atoms with Crippen molar-refractivity contribution in [3.05, 3.63) is 41.7 Å². The van der Waals surface area contributed by atoms with Crippen LogP contribution < -0.4 is 5.14 Å². The van der Waals surface area contributed by atoms with Crippen molar-refractivity contribution < 1.29 is 8.42 Å². The summed E-state index contributed by atoms with van der Waals surface area (Å²) in [5.41, 5.74) is 0.333. The molecule has 1 aromatic heterocycles. The number of hydrogen-bond donors (Lipinski definition) is 1. The van der Waals surface area contributed by atoms with Crippen LogP contribution in [0.25, 0.3) is 5.69 Å². The van der Waals surface area contributed by atoms with Crippen molar-refractivity contribution in [3.8, 4) is 5.69 Å². The minimum atomic E-state index is -3.80. The van der Waals surface area contributed by atoms with Gasteiger partial charge in [0.15, 0.2) is 0 Å². The molecule has 0 aliphatic heterocycles. The number of halogens is 1. The summed E-state index contributed by atoms with van der Waals surface area (Å²) in [7, 11) is -3.80. The van der Waals surface area contributed by atoms with Gasteiger partial charge in [-0.05, 0) is 24.3 Å². The summed E-state index contributed by atoms with van der Waals surface area (Å²) in [5.74, 6) is 0. The third kappa shape index (κ3) is 2.08. The first-order chi connectivity index (χ1) is 7.48. The van der Waals surface area contributed by atoms with Gasteiger partial charge in [0.25, 0.3) is 0 Å². The Morgan fingerprint density at radius 3 is 2.69 bits per heavy atom. The number of primary sulfonamides is 1. The highest BCUT2D eigenvalue weighted by atomic mass is 35.5. The number of aromatic nitrogens is 2. The van der Waals surface area contributed by atoms with Gasteiger partial charge in [-0.1, -0.05) is 11.6 Å². The SMILES string of the molecule is NS(=O)(=O)c1ccc(Cl)cc1-n1cccn1. The Morgan fingerprint density at radius 1 is 1.38 bits per heavy atom. The van der Waals surface area contributed by atoms with E-state index in [4.69, 9.17) is 16.7 Å². The maximum atomic E-state index is 11.4. The van der Waals surface area contributed by atoms with Crippen LogP contribution in [-0.2, 0) is 10.0 Å². The van der Waals surface area contributed by atoms with Crippen molar-refractivity contribution in [2.45, 2.75) is 4.90 Å². The molecule has 0 atom stereocenters. The highest BCUT2D eigenvalue weighted by molar-refractivity contribution is 7.89. The molecular formula is C9H8ClN3O2S. The van der Waals surface area contributed by atoms with Crippen LogP contribution in [0.4, 0.5) is 0 Å². The van der Waals surface area contributed by atoms with E-state index in [-0.39, 0.29) is 4.90 Å².